The van der Waals surface area contributed by atoms with E-state index < -0.39 is 5.92 Å². The molecule has 2 rings (SSSR count). The van der Waals surface area contributed by atoms with Crippen LogP contribution in [0.5, 0.6) is 5.75 Å². The fraction of sp³-hybridized carbons (Fsp3) is 0.600. The van der Waals surface area contributed by atoms with Gasteiger partial charge < -0.3 is 10.5 Å². The van der Waals surface area contributed by atoms with E-state index in [-0.39, 0.29) is 24.8 Å². The van der Waals surface area contributed by atoms with Crippen molar-refractivity contribution in [1.82, 2.24) is 0 Å². The molecule has 0 heterocycles. The van der Waals surface area contributed by atoms with Gasteiger partial charge in [-0.15, -0.1) is 0 Å². The Morgan fingerprint density at radius 3 is 2.68 bits per heavy atom. The molecule has 1 unspecified atom stereocenters. The predicted molar refractivity (Wildman–Crippen MR) is 71.4 cm³/mol. The Morgan fingerprint density at radius 1 is 1.37 bits per heavy atom. The van der Waals surface area contributed by atoms with E-state index in [1.54, 1.807) is 0 Å². The standard InChI is InChI=1S/C15H21F2NO/c1-2-19-13-5-3-4-12(10-13)14(18)11-6-8-15(16,17)9-7-11/h3-5,10-11,14H,2,6-9,18H2,1H3. The lowest BCUT2D eigenvalue weighted by atomic mass is 9.80. The summed E-state index contributed by atoms with van der Waals surface area (Å²) in [4.78, 5) is 0. The first kappa shape index (κ1) is 14.3. The van der Waals surface area contributed by atoms with Crippen molar-refractivity contribution in [3.8, 4) is 5.75 Å². The Hall–Kier alpha value is -1.16. The average molecular weight is 269 g/mol. The zero-order valence-corrected chi connectivity index (χ0v) is 11.2. The molecule has 0 bridgehead atoms. The summed E-state index contributed by atoms with van der Waals surface area (Å²) in [5.74, 6) is -1.57. The molecule has 0 amide bonds. The zero-order chi connectivity index (χ0) is 13.9. The highest BCUT2D eigenvalue weighted by molar-refractivity contribution is 5.30. The van der Waals surface area contributed by atoms with Gasteiger partial charge in [-0.25, -0.2) is 8.78 Å². The maximum absolute atomic E-state index is 13.1. The van der Waals surface area contributed by atoms with Gasteiger partial charge in [0.05, 0.1) is 6.61 Å². The van der Waals surface area contributed by atoms with Crippen molar-refractivity contribution in [2.75, 3.05) is 6.61 Å². The summed E-state index contributed by atoms with van der Waals surface area (Å²) < 4.78 is 31.7. The Kier molecular flexibility index (Phi) is 4.40. The molecular formula is C15H21F2NO. The lowest BCUT2D eigenvalue weighted by Crippen LogP contribution is -2.30. The number of halogens is 2. The Balaban J connectivity index is 2.03. The predicted octanol–water partition coefficient (Wildman–Crippen LogP) is 3.91. The van der Waals surface area contributed by atoms with Crippen molar-refractivity contribution in [3.05, 3.63) is 29.8 Å². The Morgan fingerprint density at radius 2 is 2.05 bits per heavy atom. The fourth-order valence-corrected chi connectivity index (χ4v) is 2.67. The van der Waals surface area contributed by atoms with Gasteiger partial charge in [0.2, 0.25) is 5.92 Å². The van der Waals surface area contributed by atoms with Crippen LogP contribution < -0.4 is 10.5 Å². The number of alkyl halides is 2. The summed E-state index contributed by atoms with van der Waals surface area (Å²) in [5, 5.41) is 0. The lowest BCUT2D eigenvalue weighted by Gasteiger charge is -2.32. The van der Waals surface area contributed by atoms with Crippen LogP contribution in [0.4, 0.5) is 8.78 Å². The van der Waals surface area contributed by atoms with Crippen LogP contribution in [0.2, 0.25) is 0 Å². The van der Waals surface area contributed by atoms with Crippen molar-refractivity contribution in [2.45, 2.75) is 44.6 Å². The second kappa shape index (κ2) is 5.87. The van der Waals surface area contributed by atoms with Crippen molar-refractivity contribution < 1.29 is 13.5 Å². The number of hydrogen-bond donors (Lipinski definition) is 1. The van der Waals surface area contributed by atoms with E-state index in [9.17, 15) is 8.78 Å². The summed E-state index contributed by atoms with van der Waals surface area (Å²) in [7, 11) is 0. The Labute approximate surface area is 112 Å². The number of benzene rings is 1. The monoisotopic (exact) mass is 269 g/mol. The van der Waals surface area contributed by atoms with E-state index in [4.69, 9.17) is 10.5 Å². The van der Waals surface area contributed by atoms with Gasteiger partial charge in [-0.3, -0.25) is 0 Å². The summed E-state index contributed by atoms with van der Waals surface area (Å²) in [6.07, 6.45) is 0.896. The van der Waals surface area contributed by atoms with Gasteiger partial charge in [0, 0.05) is 18.9 Å². The first-order chi connectivity index (χ1) is 9.02. The largest absolute Gasteiger partial charge is 0.494 e. The summed E-state index contributed by atoms with van der Waals surface area (Å²) in [6, 6.07) is 7.46. The van der Waals surface area contributed by atoms with Gasteiger partial charge in [0.25, 0.3) is 0 Å². The minimum atomic E-state index is -2.50. The molecular weight excluding hydrogens is 248 g/mol. The van der Waals surface area contributed by atoms with Crippen molar-refractivity contribution in [1.29, 1.82) is 0 Å². The molecule has 0 saturated heterocycles. The highest BCUT2D eigenvalue weighted by Crippen LogP contribution is 2.40. The molecule has 1 aromatic carbocycles. The second-order valence-corrected chi connectivity index (χ2v) is 5.22. The minimum absolute atomic E-state index is 0.0451. The molecule has 19 heavy (non-hydrogen) atoms. The van der Waals surface area contributed by atoms with Crippen molar-refractivity contribution >= 4 is 0 Å². The Bertz CT molecular complexity index is 412. The van der Waals surface area contributed by atoms with Gasteiger partial charge >= 0.3 is 0 Å². The SMILES string of the molecule is CCOc1cccc(C(N)C2CCC(F)(F)CC2)c1. The van der Waals surface area contributed by atoms with Crippen molar-refractivity contribution in [2.24, 2.45) is 11.7 Å². The molecule has 0 spiro atoms. The van der Waals surface area contributed by atoms with E-state index >= 15 is 0 Å². The third-order valence-corrected chi connectivity index (χ3v) is 3.82. The average Bonchev–Trinajstić information content (AvgIpc) is 2.39. The molecule has 1 atom stereocenters. The lowest BCUT2D eigenvalue weighted by molar-refractivity contribution is -0.0483. The molecule has 2 nitrogen and oxygen atoms in total. The molecule has 1 aromatic rings. The van der Waals surface area contributed by atoms with Crippen LogP contribution in [0.15, 0.2) is 24.3 Å². The minimum Gasteiger partial charge on any atom is -0.494 e. The van der Waals surface area contributed by atoms with Gasteiger partial charge in [0.1, 0.15) is 5.75 Å². The van der Waals surface area contributed by atoms with Crippen LogP contribution in [-0.4, -0.2) is 12.5 Å². The fourth-order valence-electron chi connectivity index (χ4n) is 2.67. The van der Waals surface area contributed by atoms with E-state index in [1.165, 1.54) is 0 Å². The topological polar surface area (TPSA) is 35.2 Å². The molecule has 2 N–H and O–H groups in total. The second-order valence-electron chi connectivity index (χ2n) is 5.22. The van der Waals surface area contributed by atoms with Crippen molar-refractivity contribution in [3.63, 3.8) is 0 Å². The van der Waals surface area contributed by atoms with E-state index in [1.807, 2.05) is 31.2 Å². The van der Waals surface area contributed by atoms with Crippen LogP contribution in [0.3, 0.4) is 0 Å². The van der Waals surface area contributed by atoms with Crippen LogP contribution in [0.25, 0.3) is 0 Å². The smallest absolute Gasteiger partial charge is 0.248 e. The number of hydrogen-bond acceptors (Lipinski definition) is 2. The van der Waals surface area contributed by atoms with Gasteiger partial charge in [-0.05, 0) is 43.4 Å². The van der Waals surface area contributed by atoms with Gasteiger partial charge in [-0.1, -0.05) is 12.1 Å². The molecule has 1 fully saturated rings. The van der Waals surface area contributed by atoms with Crippen LogP contribution in [0, 0.1) is 5.92 Å². The highest BCUT2D eigenvalue weighted by Gasteiger charge is 2.37. The third-order valence-electron chi connectivity index (χ3n) is 3.82. The molecule has 1 saturated carbocycles. The number of nitrogens with two attached hydrogens (primary N) is 1. The molecule has 0 aromatic heterocycles. The molecule has 1 aliphatic rings. The van der Waals surface area contributed by atoms with Crippen LogP contribution in [-0.2, 0) is 0 Å². The summed E-state index contributed by atoms with van der Waals surface area (Å²) >= 11 is 0. The summed E-state index contributed by atoms with van der Waals surface area (Å²) in [5.41, 5.74) is 7.20. The number of ether oxygens (including phenoxy) is 1. The molecule has 0 aliphatic heterocycles. The molecule has 1 aliphatic carbocycles. The maximum atomic E-state index is 13.1. The first-order valence-electron chi connectivity index (χ1n) is 6.88. The van der Waals surface area contributed by atoms with Gasteiger partial charge in [-0.2, -0.15) is 0 Å². The third kappa shape index (κ3) is 3.66. The molecule has 106 valence electrons. The maximum Gasteiger partial charge on any atom is 0.248 e. The van der Waals surface area contributed by atoms with Gasteiger partial charge in [0.15, 0.2) is 0 Å². The zero-order valence-electron chi connectivity index (χ0n) is 11.2. The highest BCUT2D eigenvalue weighted by atomic mass is 19.3. The summed E-state index contributed by atoms with van der Waals surface area (Å²) in [6.45, 7) is 2.53. The first-order valence-corrected chi connectivity index (χ1v) is 6.88. The van der Waals surface area contributed by atoms with E-state index in [0.717, 1.165) is 11.3 Å². The van der Waals surface area contributed by atoms with E-state index in [2.05, 4.69) is 0 Å². The van der Waals surface area contributed by atoms with Crippen LogP contribution >= 0.6 is 0 Å². The number of rotatable bonds is 4. The molecule has 0 radical (unpaired) electrons. The molecule has 4 heteroatoms. The quantitative estimate of drug-likeness (QED) is 0.899. The van der Waals surface area contributed by atoms with E-state index in [0.29, 0.717) is 19.4 Å². The normalized spacial score (nSPS) is 21.1. The van der Waals surface area contributed by atoms with Crippen LogP contribution in [0.1, 0.15) is 44.2 Å².